The largest absolute Gasteiger partial charge is 0.462 e. The zero-order chi connectivity index (χ0) is 23.6. The molecule has 3 amide bonds. The summed E-state index contributed by atoms with van der Waals surface area (Å²) in [6, 6.07) is 6.59. The lowest BCUT2D eigenvalue weighted by Gasteiger charge is -2.37. The molecule has 7 nitrogen and oxygen atoms in total. The van der Waals surface area contributed by atoms with Gasteiger partial charge in [-0.3, -0.25) is 19.3 Å². The van der Waals surface area contributed by atoms with Crippen LogP contribution in [0.2, 0.25) is 0 Å². The predicted molar refractivity (Wildman–Crippen MR) is 123 cm³/mol. The van der Waals surface area contributed by atoms with Gasteiger partial charge in [0, 0.05) is 17.6 Å². The van der Waals surface area contributed by atoms with Crippen LogP contribution < -0.4 is 5.32 Å². The Hall–Kier alpha value is -2.96. The second kappa shape index (κ2) is 8.07. The van der Waals surface area contributed by atoms with Gasteiger partial charge in [0.15, 0.2) is 0 Å². The molecule has 0 aromatic heterocycles. The molecule has 5 aliphatic carbocycles. The van der Waals surface area contributed by atoms with Gasteiger partial charge in [-0.15, -0.1) is 0 Å². The number of allylic oxidation sites excluding steroid dienone is 2. The van der Waals surface area contributed by atoms with Gasteiger partial charge in [0.2, 0.25) is 17.7 Å². The van der Waals surface area contributed by atoms with Gasteiger partial charge in [-0.05, 0) is 87.0 Å². The van der Waals surface area contributed by atoms with Crippen molar-refractivity contribution in [2.24, 2.45) is 41.4 Å². The fraction of sp³-hybridized carbons (Fsp3) is 0.556. The summed E-state index contributed by atoms with van der Waals surface area (Å²) >= 11 is 0. The summed E-state index contributed by atoms with van der Waals surface area (Å²) in [6.45, 7) is 2.07. The first kappa shape index (κ1) is 21.6. The first-order chi connectivity index (χ1) is 16.5. The van der Waals surface area contributed by atoms with E-state index in [-0.39, 0.29) is 59.3 Å². The Bertz CT molecular complexity index is 1030. The highest BCUT2D eigenvalue weighted by atomic mass is 16.5. The lowest BCUT2D eigenvalue weighted by molar-refractivity contribution is -0.144. The summed E-state index contributed by atoms with van der Waals surface area (Å²) in [5.74, 6) is 0.901. The normalized spacial score (nSPS) is 37.3. The fourth-order valence-corrected chi connectivity index (χ4v) is 7.08. The molecular weight excluding hydrogens is 432 g/mol. The molecule has 0 unspecified atom stereocenters. The predicted octanol–water partition coefficient (Wildman–Crippen LogP) is 3.41. The lowest BCUT2D eigenvalue weighted by Crippen LogP contribution is -2.44. The molecule has 2 bridgehead atoms. The van der Waals surface area contributed by atoms with Crippen LogP contribution in [0.3, 0.4) is 0 Å². The molecule has 178 valence electrons. The summed E-state index contributed by atoms with van der Waals surface area (Å²) in [7, 11) is 0. The molecule has 34 heavy (non-hydrogen) atoms. The Morgan fingerprint density at radius 3 is 2.09 bits per heavy atom. The average molecular weight is 463 g/mol. The molecule has 1 heterocycles. The molecule has 1 aromatic rings. The van der Waals surface area contributed by atoms with Crippen molar-refractivity contribution in [1.82, 2.24) is 4.90 Å². The lowest BCUT2D eigenvalue weighted by atomic mass is 9.63. The van der Waals surface area contributed by atoms with E-state index in [1.54, 1.807) is 36.1 Å². The minimum absolute atomic E-state index is 0.0364. The average Bonchev–Trinajstić information content (AvgIpc) is 3.63. The van der Waals surface area contributed by atoms with E-state index >= 15 is 0 Å². The van der Waals surface area contributed by atoms with E-state index in [1.165, 1.54) is 6.42 Å². The molecule has 7 rings (SSSR count). The van der Waals surface area contributed by atoms with E-state index < -0.39 is 0 Å². The van der Waals surface area contributed by atoms with Crippen molar-refractivity contribution in [2.45, 2.75) is 45.1 Å². The molecule has 4 fully saturated rings. The maximum absolute atomic E-state index is 13.3. The molecule has 3 saturated carbocycles. The third kappa shape index (κ3) is 3.31. The SMILES string of the molecule is CCOC(=O)c1ccc(NC(=O)C2CCC(N3C(=O)[C@H]4[C@@H]5C=C[C@@H]([C@H]6C[C@H]56)[C@@H]4C3=O)CC2)cc1. The van der Waals surface area contributed by atoms with Crippen molar-refractivity contribution in [2.75, 3.05) is 11.9 Å². The van der Waals surface area contributed by atoms with Crippen molar-refractivity contribution in [3.63, 3.8) is 0 Å². The number of esters is 1. The molecule has 1 aromatic carbocycles. The van der Waals surface area contributed by atoms with Crippen molar-refractivity contribution in [3.8, 4) is 0 Å². The minimum Gasteiger partial charge on any atom is -0.462 e. The Morgan fingerprint density at radius 2 is 1.53 bits per heavy atom. The topological polar surface area (TPSA) is 92.8 Å². The number of rotatable bonds is 5. The Labute approximate surface area is 198 Å². The smallest absolute Gasteiger partial charge is 0.338 e. The Morgan fingerprint density at radius 1 is 0.941 bits per heavy atom. The van der Waals surface area contributed by atoms with E-state index in [0.29, 0.717) is 55.4 Å². The Kier molecular flexibility index (Phi) is 5.12. The van der Waals surface area contributed by atoms with E-state index in [0.717, 1.165) is 0 Å². The summed E-state index contributed by atoms with van der Waals surface area (Å²) in [6.07, 6.45) is 8.23. The number of benzene rings is 1. The summed E-state index contributed by atoms with van der Waals surface area (Å²) in [5, 5.41) is 2.94. The molecule has 6 atom stereocenters. The molecule has 1 saturated heterocycles. The van der Waals surface area contributed by atoms with E-state index in [4.69, 9.17) is 4.74 Å². The Balaban J connectivity index is 1.06. The highest BCUT2D eigenvalue weighted by Crippen LogP contribution is 2.65. The number of carbonyl (C=O) groups excluding carboxylic acids is 4. The van der Waals surface area contributed by atoms with Gasteiger partial charge in [0.25, 0.3) is 0 Å². The second-order valence-electron chi connectivity index (χ2n) is 10.5. The standard InChI is InChI=1S/C27H30N2O5/c1-2-34-27(33)15-3-7-16(8-4-15)28-24(30)14-5-9-17(10-6-14)29-25(31)22-18-11-12-19(21-13-20(18)21)23(22)26(29)32/h3-4,7-8,11-12,14,17-23H,2,5-6,9-10,13H2,1H3,(H,28,30)/t14?,17?,18-,19+,20-,21-,22+,23+/m1/s1. The second-order valence-corrected chi connectivity index (χ2v) is 10.5. The van der Waals surface area contributed by atoms with Gasteiger partial charge in [0.05, 0.1) is 24.0 Å². The van der Waals surface area contributed by atoms with E-state index in [1.807, 2.05) is 0 Å². The number of ether oxygens (including phenoxy) is 1. The number of anilines is 1. The molecule has 0 spiro atoms. The monoisotopic (exact) mass is 462 g/mol. The van der Waals surface area contributed by atoms with Crippen molar-refractivity contribution < 1.29 is 23.9 Å². The van der Waals surface area contributed by atoms with Crippen LogP contribution in [0.25, 0.3) is 0 Å². The van der Waals surface area contributed by atoms with Crippen molar-refractivity contribution >= 4 is 29.4 Å². The molecule has 7 heteroatoms. The first-order valence-corrected chi connectivity index (χ1v) is 12.6. The molecule has 1 aliphatic heterocycles. The number of imide groups is 1. The number of hydrogen-bond donors (Lipinski definition) is 1. The van der Waals surface area contributed by atoms with Crippen LogP contribution in [-0.4, -0.2) is 41.2 Å². The van der Waals surface area contributed by atoms with E-state index in [2.05, 4.69) is 17.5 Å². The van der Waals surface area contributed by atoms with Crippen LogP contribution in [0.4, 0.5) is 5.69 Å². The highest BCUT2D eigenvalue weighted by molar-refractivity contribution is 6.06. The third-order valence-corrected chi connectivity index (χ3v) is 8.79. The van der Waals surface area contributed by atoms with Crippen LogP contribution in [0.1, 0.15) is 49.4 Å². The van der Waals surface area contributed by atoms with Crippen LogP contribution in [0.15, 0.2) is 36.4 Å². The van der Waals surface area contributed by atoms with Crippen LogP contribution in [-0.2, 0) is 19.1 Å². The maximum Gasteiger partial charge on any atom is 0.338 e. The van der Waals surface area contributed by atoms with Crippen LogP contribution in [0.5, 0.6) is 0 Å². The van der Waals surface area contributed by atoms with Gasteiger partial charge in [0.1, 0.15) is 0 Å². The van der Waals surface area contributed by atoms with Crippen molar-refractivity contribution in [1.29, 1.82) is 0 Å². The molecule has 6 aliphatic rings. The van der Waals surface area contributed by atoms with Crippen molar-refractivity contribution in [3.05, 3.63) is 42.0 Å². The molecule has 1 N–H and O–H groups in total. The number of likely N-dealkylation sites (tertiary alicyclic amines) is 1. The van der Waals surface area contributed by atoms with Gasteiger partial charge in [-0.1, -0.05) is 12.2 Å². The zero-order valence-electron chi connectivity index (χ0n) is 19.3. The molecule has 0 radical (unpaired) electrons. The van der Waals surface area contributed by atoms with E-state index in [9.17, 15) is 19.2 Å². The number of nitrogens with one attached hydrogen (secondary N) is 1. The van der Waals surface area contributed by atoms with Crippen LogP contribution in [0, 0.1) is 41.4 Å². The minimum atomic E-state index is -0.384. The third-order valence-electron chi connectivity index (χ3n) is 8.79. The summed E-state index contributed by atoms with van der Waals surface area (Å²) < 4.78 is 4.98. The number of nitrogens with zero attached hydrogens (tertiary/aromatic N) is 1. The number of amides is 3. The fourth-order valence-electron chi connectivity index (χ4n) is 7.08. The maximum atomic E-state index is 13.3. The summed E-state index contributed by atoms with van der Waals surface area (Å²) in [5.41, 5.74) is 1.08. The number of carbonyl (C=O) groups is 4. The number of hydrogen-bond acceptors (Lipinski definition) is 5. The highest BCUT2D eigenvalue weighted by Gasteiger charge is 2.67. The first-order valence-electron chi connectivity index (χ1n) is 12.6. The molecular formula is C27H30N2O5. The van der Waals surface area contributed by atoms with Gasteiger partial charge >= 0.3 is 5.97 Å². The van der Waals surface area contributed by atoms with Crippen LogP contribution >= 0.6 is 0 Å². The van der Waals surface area contributed by atoms with Gasteiger partial charge in [-0.2, -0.15) is 0 Å². The quantitative estimate of drug-likeness (QED) is 0.411. The van der Waals surface area contributed by atoms with Gasteiger partial charge in [-0.25, -0.2) is 4.79 Å². The summed E-state index contributed by atoms with van der Waals surface area (Å²) in [4.78, 5) is 52.9. The zero-order valence-corrected chi connectivity index (χ0v) is 19.3. The van der Waals surface area contributed by atoms with Gasteiger partial charge < -0.3 is 10.1 Å².